The van der Waals surface area contributed by atoms with Crippen LogP contribution in [0.1, 0.15) is 168 Å². The van der Waals surface area contributed by atoms with Gasteiger partial charge in [-0.25, -0.2) is 0 Å². The van der Waals surface area contributed by atoms with Gasteiger partial charge in [-0.05, 0) is 12.8 Å². The van der Waals surface area contributed by atoms with E-state index >= 15 is 0 Å². The number of hydrogen-bond donors (Lipinski definition) is 1. The van der Waals surface area contributed by atoms with E-state index < -0.39 is 6.10 Å². The number of ether oxygens (including phenoxy) is 2. The summed E-state index contributed by atoms with van der Waals surface area (Å²) in [6.07, 6.45) is 27.2. The van der Waals surface area contributed by atoms with Crippen LogP contribution in [0.2, 0.25) is 0 Å². The molecule has 36 heavy (non-hydrogen) atoms. The molecule has 0 aliphatic carbocycles. The van der Waals surface area contributed by atoms with Gasteiger partial charge in [0.15, 0.2) is 6.10 Å². The molecule has 0 radical (unpaired) electrons. The van der Waals surface area contributed by atoms with Crippen LogP contribution in [0.4, 0.5) is 0 Å². The molecule has 0 aliphatic rings. The van der Waals surface area contributed by atoms with Crippen LogP contribution in [0, 0.1) is 0 Å². The SMILES string of the molecule is CCCCCCCCCCCCCCC(=O)OC(CO)COC(=O)CCCCCCCCCCCC. The Labute approximate surface area is 223 Å². The molecule has 5 heteroatoms. The van der Waals surface area contributed by atoms with E-state index in [1.807, 2.05) is 0 Å². The van der Waals surface area contributed by atoms with Crippen molar-refractivity contribution < 1.29 is 24.2 Å². The lowest BCUT2D eigenvalue weighted by Gasteiger charge is -2.15. The van der Waals surface area contributed by atoms with Crippen LogP contribution in [0.3, 0.4) is 0 Å². The lowest BCUT2D eigenvalue weighted by atomic mass is 10.0. The first kappa shape index (κ1) is 34.9. The summed E-state index contributed by atoms with van der Waals surface area (Å²) in [5.74, 6) is -0.586. The molecule has 0 fully saturated rings. The van der Waals surface area contributed by atoms with Crippen LogP contribution in [0.15, 0.2) is 0 Å². The van der Waals surface area contributed by atoms with Gasteiger partial charge in [0.25, 0.3) is 0 Å². The molecule has 0 heterocycles. The Balaban J connectivity index is 3.56. The summed E-state index contributed by atoms with van der Waals surface area (Å²) in [5.41, 5.74) is 0. The van der Waals surface area contributed by atoms with Gasteiger partial charge < -0.3 is 14.6 Å². The molecule has 0 rings (SSSR count). The lowest BCUT2D eigenvalue weighted by Crippen LogP contribution is -2.28. The van der Waals surface area contributed by atoms with Crippen molar-refractivity contribution in [1.82, 2.24) is 0 Å². The highest BCUT2D eigenvalue weighted by Gasteiger charge is 2.16. The predicted molar refractivity (Wildman–Crippen MR) is 150 cm³/mol. The highest BCUT2D eigenvalue weighted by molar-refractivity contribution is 5.70. The zero-order chi connectivity index (χ0) is 26.5. The summed E-state index contributed by atoms with van der Waals surface area (Å²) in [7, 11) is 0. The van der Waals surface area contributed by atoms with Gasteiger partial charge in [0, 0.05) is 12.8 Å². The Morgan fingerprint density at radius 1 is 0.528 bits per heavy atom. The van der Waals surface area contributed by atoms with E-state index in [2.05, 4.69) is 13.8 Å². The summed E-state index contributed by atoms with van der Waals surface area (Å²) in [4.78, 5) is 24.0. The minimum Gasteiger partial charge on any atom is -0.462 e. The van der Waals surface area contributed by atoms with Gasteiger partial charge in [-0.3, -0.25) is 9.59 Å². The molecule has 1 unspecified atom stereocenters. The topological polar surface area (TPSA) is 72.8 Å². The van der Waals surface area contributed by atoms with Crippen LogP contribution in [-0.2, 0) is 19.1 Å². The molecular formula is C31H60O5. The smallest absolute Gasteiger partial charge is 0.306 e. The minimum absolute atomic E-state index is 0.0583. The summed E-state index contributed by atoms with van der Waals surface area (Å²) in [6.45, 7) is 4.11. The number of aliphatic hydroxyl groups excluding tert-OH is 1. The third kappa shape index (κ3) is 26.0. The van der Waals surface area contributed by atoms with Gasteiger partial charge in [0.05, 0.1) is 6.61 Å². The maximum Gasteiger partial charge on any atom is 0.306 e. The van der Waals surface area contributed by atoms with E-state index in [4.69, 9.17) is 9.47 Å². The maximum atomic E-state index is 12.0. The summed E-state index contributed by atoms with van der Waals surface area (Å²) >= 11 is 0. The molecule has 0 bridgehead atoms. The number of rotatable bonds is 28. The second kappa shape index (κ2) is 28.5. The van der Waals surface area contributed by atoms with Gasteiger partial charge in [0.1, 0.15) is 6.61 Å². The largest absolute Gasteiger partial charge is 0.462 e. The van der Waals surface area contributed by atoms with Gasteiger partial charge >= 0.3 is 11.9 Å². The van der Waals surface area contributed by atoms with Crippen molar-refractivity contribution in [3.05, 3.63) is 0 Å². The standard InChI is InChI=1S/C31H60O5/c1-3-5-7-9-11-13-15-16-18-20-22-24-26-31(34)36-29(27-32)28-35-30(33)25-23-21-19-17-14-12-10-8-6-4-2/h29,32H,3-28H2,1-2H3. The van der Waals surface area contributed by atoms with Crippen molar-refractivity contribution >= 4 is 11.9 Å². The molecule has 0 aromatic rings. The summed E-state index contributed by atoms with van der Waals surface area (Å²) in [6, 6.07) is 0. The van der Waals surface area contributed by atoms with Crippen LogP contribution in [0.25, 0.3) is 0 Å². The first-order valence-corrected chi connectivity index (χ1v) is 15.6. The fourth-order valence-corrected chi connectivity index (χ4v) is 4.49. The monoisotopic (exact) mass is 512 g/mol. The van der Waals surface area contributed by atoms with Crippen molar-refractivity contribution in [3.63, 3.8) is 0 Å². The Morgan fingerprint density at radius 3 is 1.22 bits per heavy atom. The van der Waals surface area contributed by atoms with Crippen molar-refractivity contribution in [3.8, 4) is 0 Å². The minimum atomic E-state index is -0.758. The fourth-order valence-electron chi connectivity index (χ4n) is 4.49. The van der Waals surface area contributed by atoms with E-state index in [9.17, 15) is 14.7 Å². The second-order valence-corrected chi connectivity index (χ2v) is 10.5. The number of carbonyl (C=O) groups is 2. The highest BCUT2D eigenvalue weighted by Crippen LogP contribution is 2.14. The second-order valence-electron chi connectivity index (χ2n) is 10.5. The number of esters is 2. The fraction of sp³-hybridized carbons (Fsp3) is 0.935. The Hall–Kier alpha value is -1.10. The van der Waals surface area contributed by atoms with Crippen molar-refractivity contribution in [1.29, 1.82) is 0 Å². The quantitative estimate of drug-likeness (QED) is 0.0837. The highest BCUT2D eigenvalue weighted by atomic mass is 16.6. The van der Waals surface area contributed by atoms with E-state index in [1.54, 1.807) is 0 Å². The normalized spacial score (nSPS) is 12.0. The summed E-state index contributed by atoms with van der Waals surface area (Å²) < 4.78 is 10.5. The van der Waals surface area contributed by atoms with Crippen LogP contribution in [-0.4, -0.2) is 36.4 Å². The van der Waals surface area contributed by atoms with Crippen molar-refractivity contribution in [2.24, 2.45) is 0 Å². The van der Waals surface area contributed by atoms with Crippen LogP contribution >= 0.6 is 0 Å². The van der Waals surface area contributed by atoms with Gasteiger partial charge in [-0.1, -0.05) is 142 Å². The number of unbranched alkanes of at least 4 members (excludes halogenated alkanes) is 20. The molecule has 0 aromatic heterocycles. The van der Waals surface area contributed by atoms with Crippen molar-refractivity contribution in [2.75, 3.05) is 13.2 Å². The van der Waals surface area contributed by atoms with Gasteiger partial charge in [0.2, 0.25) is 0 Å². The van der Waals surface area contributed by atoms with Crippen LogP contribution in [0.5, 0.6) is 0 Å². The number of carbonyl (C=O) groups excluding carboxylic acids is 2. The van der Waals surface area contributed by atoms with Crippen LogP contribution < -0.4 is 0 Å². The average Bonchev–Trinajstić information content (AvgIpc) is 2.88. The molecule has 0 aliphatic heterocycles. The molecule has 5 nitrogen and oxygen atoms in total. The first-order valence-electron chi connectivity index (χ1n) is 15.6. The third-order valence-corrected chi connectivity index (χ3v) is 6.90. The Morgan fingerprint density at radius 2 is 0.861 bits per heavy atom. The Kier molecular flexibility index (Phi) is 27.6. The molecule has 0 aromatic carbocycles. The molecule has 0 saturated heterocycles. The summed E-state index contributed by atoms with van der Waals surface area (Å²) in [5, 5.41) is 9.46. The molecule has 1 atom stereocenters. The Bertz CT molecular complexity index is 480. The molecule has 0 amide bonds. The number of hydrogen-bond acceptors (Lipinski definition) is 5. The van der Waals surface area contributed by atoms with Crippen molar-refractivity contribution in [2.45, 2.75) is 174 Å². The third-order valence-electron chi connectivity index (χ3n) is 6.90. The zero-order valence-electron chi connectivity index (χ0n) is 24.0. The molecule has 0 saturated carbocycles. The zero-order valence-corrected chi connectivity index (χ0v) is 24.0. The van der Waals surface area contributed by atoms with Gasteiger partial charge in [-0.15, -0.1) is 0 Å². The molecule has 0 spiro atoms. The van der Waals surface area contributed by atoms with Gasteiger partial charge in [-0.2, -0.15) is 0 Å². The van der Waals surface area contributed by atoms with E-state index in [-0.39, 0.29) is 25.2 Å². The lowest BCUT2D eigenvalue weighted by molar-refractivity contribution is -0.161. The maximum absolute atomic E-state index is 12.0. The first-order chi connectivity index (χ1) is 17.6. The van der Waals surface area contributed by atoms with E-state index in [0.29, 0.717) is 12.8 Å². The molecule has 214 valence electrons. The number of aliphatic hydroxyl groups is 1. The van der Waals surface area contributed by atoms with E-state index in [1.165, 1.54) is 103 Å². The average molecular weight is 513 g/mol. The van der Waals surface area contributed by atoms with E-state index in [0.717, 1.165) is 38.5 Å². The predicted octanol–water partition coefficient (Wildman–Crippen LogP) is 8.84. The molecule has 1 N–H and O–H groups in total. The molecular weight excluding hydrogens is 452 g/mol.